The van der Waals surface area contributed by atoms with Crippen LogP contribution in [0.25, 0.3) is 10.9 Å². The van der Waals surface area contributed by atoms with E-state index in [4.69, 9.17) is 25.8 Å². The Kier molecular flexibility index (Phi) is 10.8. The van der Waals surface area contributed by atoms with Crippen LogP contribution in [0, 0.1) is 11.7 Å². The molecule has 1 aromatic heterocycles. The van der Waals surface area contributed by atoms with E-state index in [1.807, 2.05) is 40.8 Å². The highest BCUT2D eigenvalue weighted by Crippen LogP contribution is 2.37. The number of carbonyl (C=O) groups is 3. The summed E-state index contributed by atoms with van der Waals surface area (Å²) >= 11 is 6.64. The fourth-order valence-corrected chi connectivity index (χ4v) is 7.62. The van der Waals surface area contributed by atoms with Gasteiger partial charge in [-0.1, -0.05) is 29.8 Å². The van der Waals surface area contributed by atoms with Gasteiger partial charge in [0, 0.05) is 56.7 Å². The Bertz CT molecular complexity index is 1640. The largest absolute Gasteiger partial charge is 0.466 e. The third-order valence-electron chi connectivity index (χ3n) is 9.84. The number of morpholine rings is 1. The molecule has 1 amide bonds. The van der Waals surface area contributed by atoms with Crippen molar-refractivity contribution in [1.82, 2.24) is 14.4 Å². The van der Waals surface area contributed by atoms with Crippen LogP contribution in [-0.4, -0.2) is 90.0 Å². The van der Waals surface area contributed by atoms with Crippen LogP contribution in [-0.2, 0) is 37.3 Å². The second kappa shape index (κ2) is 15.0. The number of nitrogens with one attached hydrogen (secondary N) is 1. The van der Waals surface area contributed by atoms with Gasteiger partial charge in [0.25, 0.3) is 5.91 Å². The SMILES string of the molecule is CCOC(=O)[C@H]1CC[C@H](OC(C(=O)Cc2cc(Cl)c(NC(=O)c3cn(C)c4ccccc34)cc2F)(N2CCCC2)N2CCOCC2)CC1. The molecule has 1 unspecified atom stereocenters. The zero-order chi connectivity index (χ0) is 33.8. The summed E-state index contributed by atoms with van der Waals surface area (Å²) in [4.78, 5) is 44.5. The molecule has 0 radical (unpaired) electrons. The number of ketones is 1. The Morgan fingerprint density at radius 2 is 1.71 bits per heavy atom. The number of likely N-dealkylation sites (tertiary alicyclic amines) is 1. The fraction of sp³-hybridized carbons (Fsp3) is 0.528. The normalized spacial score (nSPS) is 22.0. The van der Waals surface area contributed by atoms with Gasteiger partial charge in [-0.15, -0.1) is 0 Å². The number of aromatic nitrogens is 1. The molecule has 1 saturated carbocycles. The van der Waals surface area contributed by atoms with Crippen LogP contribution in [0.5, 0.6) is 0 Å². The van der Waals surface area contributed by atoms with E-state index in [2.05, 4.69) is 10.2 Å². The lowest BCUT2D eigenvalue weighted by Gasteiger charge is -2.50. The zero-order valence-corrected chi connectivity index (χ0v) is 28.4. The quantitative estimate of drug-likeness (QED) is 0.263. The number of Topliss-reactive ketones (excluding diaryl/α,β-unsaturated/α-hetero) is 1. The number of fused-ring (bicyclic) bond motifs is 1. The van der Waals surface area contributed by atoms with E-state index in [0.29, 0.717) is 77.2 Å². The average molecular weight is 683 g/mol. The van der Waals surface area contributed by atoms with Gasteiger partial charge >= 0.3 is 5.97 Å². The number of halogens is 2. The molecule has 258 valence electrons. The molecule has 0 bridgehead atoms. The monoisotopic (exact) mass is 682 g/mol. The number of hydrogen-bond donors (Lipinski definition) is 1. The van der Waals surface area contributed by atoms with Gasteiger partial charge in [-0.3, -0.25) is 24.2 Å². The molecule has 2 aliphatic heterocycles. The van der Waals surface area contributed by atoms with Crippen molar-refractivity contribution in [2.24, 2.45) is 13.0 Å². The molecule has 3 heterocycles. The Morgan fingerprint density at radius 3 is 2.42 bits per heavy atom. The van der Waals surface area contributed by atoms with Crippen molar-refractivity contribution in [1.29, 1.82) is 0 Å². The van der Waals surface area contributed by atoms with Crippen molar-refractivity contribution in [3.63, 3.8) is 0 Å². The first kappa shape index (κ1) is 34.5. The number of rotatable bonds is 11. The number of hydrogen-bond acceptors (Lipinski definition) is 8. The maximum atomic E-state index is 15.9. The van der Waals surface area contributed by atoms with Gasteiger partial charge in [0.15, 0.2) is 5.78 Å². The first-order valence-electron chi connectivity index (χ1n) is 17.0. The average Bonchev–Trinajstić information content (AvgIpc) is 3.76. The van der Waals surface area contributed by atoms with E-state index in [0.717, 1.165) is 23.7 Å². The predicted octanol–water partition coefficient (Wildman–Crippen LogP) is 5.56. The standard InChI is InChI=1S/C36H44ClFN4O6/c1-3-47-35(45)24-10-12-26(13-11-24)48-36(41-14-6-7-15-41,42-16-18-46-19-17-42)33(43)21-25-20-29(37)31(22-30(25)38)39-34(44)28-23-40(2)32-9-5-4-8-27(28)32/h4-5,8-9,20,22-24,26H,3,6-7,10-19,21H2,1-2H3,(H,39,44)/t24-,26-,36?. The summed E-state index contributed by atoms with van der Waals surface area (Å²) in [6.45, 7) is 5.37. The fourth-order valence-electron chi connectivity index (χ4n) is 7.38. The highest BCUT2D eigenvalue weighted by atomic mass is 35.5. The molecular formula is C36H44ClFN4O6. The number of esters is 1. The van der Waals surface area contributed by atoms with E-state index >= 15 is 4.39 Å². The lowest BCUT2D eigenvalue weighted by atomic mass is 9.87. The molecule has 2 saturated heterocycles. The van der Waals surface area contributed by atoms with Gasteiger partial charge in [0.2, 0.25) is 5.85 Å². The maximum absolute atomic E-state index is 15.9. The van der Waals surface area contributed by atoms with Crippen LogP contribution in [0.1, 0.15) is 61.4 Å². The summed E-state index contributed by atoms with van der Waals surface area (Å²) in [5, 5.41) is 3.66. The van der Waals surface area contributed by atoms with Gasteiger partial charge in [-0.2, -0.15) is 0 Å². The molecule has 12 heteroatoms. The topological polar surface area (TPSA) is 102 Å². The molecule has 3 fully saturated rings. The number of carbonyl (C=O) groups excluding carboxylic acids is 3. The van der Waals surface area contributed by atoms with Crippen molar-refractivity contribution < 1.29 is 33.0 Å². The van der Waals surface area contributed by atoms with Gasteiger partial charge in [0.1, 0.15) is 5.82 Å². The first-order chi connectivity index (χ1) is 23.2. The van der Waals surface area contributed by atoms with Gasteiger partial charge in [0.05, 0.1) is 48.1 Å². The Hall–Kier alpha value is -3.35. The summed E-state index contributed by atoms with van der Waals surface area (Å²) in [6.07, 6.45) is 5.51. The predicted molar refractivity (Wildman–Crippen MR) is 180 cm³/mol. The first-order valence-corrected chi connectivity index (χ1v) is 17.4. The number of nitrogens with zero attached hydrogens (tertiary/aromatic N) is 3. The highest BCUT2D eigenvalue weighted by molar-refractivity contribution is 6.34. The Balaban J connectivity index is 1.25. The van der Waals surface area contributed by atoms with Crippen molar-refractivity contribution in [2.75, 3.05) is 51.3 Å². The van der Waals surface area contributed by atoms with Crippen molar-refractivity contribution in [3.8, 4) is 0 Å². The lowest BCUT2D eigenvalue weighted by Crippen LogP contribution is -2.69. The number of amides is 1. The lowest BCUT2D eigenvalue weighted by molar-refractivity contribution is -0.265. The van der Waals surface area contributed by atoms with E-state index in [-0.39, 0.29) is 46.5 Å². The molecule has 1 atom stereocenters. The third kappa shape index (κ3) is 7.02. The molecule has 0 spiro atoms. The summed E-state index contributed by atoms with van der Waals surface area (Å²) in [5.74, 6) is -3.11. The Morgan fingerprint density at radius 1 is 1.02 bits per heavy atom. The summed E-state index contributed by atoms with van der Waals surface area (Å²) in [7, 11) is 1.86. The molecule has 1 aliphatic carbocycles. The van der Waals surface area contributed by atoms with E-state index in [9.17, 15) is 14.4 Å². The van der Waals surface area contributed by atoms with Crippen molar-refractivity contribution in [2.45, 2.75) is 63.8 Å². The van der Waals surface area contributed by atoms with Gasteiger partial charge in [-0.25, -0.2) is 4.39 Å². The van der Waals surface area contributed by atoms with E-state index < -0.39 is 17.6 Å². The highest BCUT2D eigenvalue weighted by Gasteiger charge is 2.53. The number of para-hydroxylation sites is 1. The number of benzene rings is 2. The minimum atomic E-state index is -1.41. The van der Waals surface area contributed by atoms with Crippen LogP contribution in [0.3, 0.4) is 0 Å². The number of aryl methyl sites for hydroxylation is 1. The number of ether oxygens (including phenoxy) is 3. The Labute approximate surface area is 285 Å². The van der Waals surface area contributed by atoms with Crippen LogP contribution in [0.4, 0.5) is 10.1 Å². The van der Waals surface area contributed by atoms with Gasteiger partial charge in [-0.05, 0) is 69.2 Å². The summed E-state index contributed by atoms with van der Waals surface area (Å²) < 4.78 is 35.6. The van der Waals surface area contributed by atoms with E-state index in [1.54, 1.807) is 13.1 Å². The van der Waals surface area contributed by atoms with Crippen LogP contribution in [0.2, 0.25) is 5.02 Å². The van der Waals surface area contributed by atoms with Crippen LogP contribution < -0.4 is 5.32 Å². The molecular weight excluding hydrogens is 639 g/mol. The molecule has 48 heavy (non-hydrogen) atoms. The molecule has 1 N–H and O–H groups in total. The van der Waals surface area contributed by atoms with Crippen LogP contribution in [0.15, 0.2) is 42.6 Å². The third-order valence-corrected chi connectivity index (χ3v) is 10.2. The van der Waals surface area contributed by atoms with Crippen molar-refractivity contribution in [3.05, 3.63) is 64.6 Å². The van der Waals surface area contributed by atoms with Gasteiger partial charge < -0.3 is 24.1 Å². The summed E-state index contributed by atoms with van der Waals surface area (Å²) in [6, 6.07) is 10.1. The smallest absolute Gasteiger partial charge is 0.308 e. The molecule has 6 rings (SSSR count). The molecule has 2 aromatic carbocycles. The molecule has 3 aliphatic rings. The van der Waals surface area contributed by atoms with Crippen LogP contribution >= 0.6 is 11.6 Å². The minimum absolute atomic E-state index is 0.122. The minimum Gasteiger partial charge on any atom is -0.466 e. The second-order valence-electron chi connectivity index (χ2n) is 12.9. The van der Waals surface area contributed by atoms with Crippen molar-refractivity contribution >= 4 is 45.9 Å². The summed E-state index contributed by atoms with van der Waals surface area (Å²) in [5.41, 5.74) is 1.58. The molecule has 3 aromatic rings. The second-order valence-corrected chi connectivity index (χ2v) is 13.3. The zero-order valence-electron chi connectivity index (χ0n) is 27.6. The maximum Gasteiger partial charge on any atom is 0.308 e. The van der Waals surface area contributed by atoms with E-state index in [1.165, 1.54) is 12.1 Å². The molecule has 10 nitrogen and oxygen atoms in total. The number of anilines is 1.